The zero-order valence-corrected chi connectivity index (χ0v) is 10.5. The fraction of sp³-hybridized carbons (Fsp3) is 0.167. The Morgan fingerprint density at radius 3 is 3.06 bits per heavy atom. The van der Waals surface area contributed by atoms with E-state index in [0.29, 0.717) is 0 Å². The highest BCUT2D eigenvalue weighted by Crippen LogP contribution is 2.36. The summed E-state index contributed by atoms with van der Waals surface area (Å²) in [6.07, 6.45) is 4.10. The summed E-state index contributed by atoms with van der Waals surface area (Å²) in [5, 5.41) is 0. The van der Waals surface area contributed by atoms with Gasteiger partial charge in [-0.3, -0.25) is 0 Å². The Morgan fingerprint density at radius 1 is 1.35 bits per heavy atom. The Balaban J connectivity index is 2.10. The van der Waals surface area contributed by atoms with E-state index in [-0.39, 0.29) is 5.82 Å². The fourth-order valence-corrected chi connectivity index (χ4v) is 2.51. The molecule has 0 spiro atoms. The number of rotatable bonds is 1. The standard InChI is InChI=1S/C12H9BrFN3/c13-10-6-15-7-16-12(10)17-4-3-8-1-2-9(14)5-11(8)17/h1-2,5-7H,3-4H2. The third-order valence-electron chi connectivity index (χ3n) is 2.85. The van der Waals surface area contributed by atoms with Gasteiger partial charge in [-0.1, -0.05) is 6.07 Å². The SMILES string of the molecule is Fc1ccc2c(c1)N(c1ncncc1Br)CC2. The van der Waals surface area contributed by atoms with Crippen LogP contribution in [0.15, 0.2) is 35.2 Å². The molecule has 2 aromatic rings. The van der Waals surface area contributed by atoms with E-state index in [0.717, 1.165) is 34.5 Å². The van der Waals surface area contributed by atoms with Gasteiger partial charge in [-0.15, -0.1) is 0 Å². The van der Waals surface area contributed by atoms with E-state index in [1.165, 1.54) is 12.4 Å². The molecule has 0 saturated heterocycles. The van der Waals surface area contributed by atoms with Crippen LogP contribution in [0.1, 0.15) is 5.56 Å². The molecule has 0 bridgehead atoms. The molecule has 3 rings (SSSR count). The number of benzene rings is 1. The Hall–Kier alpha value is -1.49. The van der Waals surface area contributed by atoms with Crippen molar-refractivity contribution < 1.29 is 4.39 Å². The molecule has 0 amide bonds. The first kappa shape index (κ1) is 10.7. The van der Waals surface area contributed by atoms with Crippen molar-refractivity contribution in [2.75, 3.05) is 11.4 Å². The van der Waals surface area contributed by atoms with E-state index in [4.69, 9.17) is 0 Å². The summed E-state index contributed by atoms with van der Waals surface area (Å²) in [6.45, 7) is 0.814. The predicted molar refractivity (Wildman–Crippen MR) is 66.8 cm³/mol. The summed E-state index contributed by atoms with van der Waals surface area (Å²) in [5.41, 5.74) is 2.04. The van der Waals surface area contributed by atoms with Crippen LogP contribution < -0.4 is 4.90 Å². The third-order valence-corrected chi connectivity index (χ3v) is 3.41. The van der Waals surface area contributed by atoms with E-state index < -0.39 is 0 Å². The summed E-state index contributed by atoms with van der Waals surface area (Å²) in [5.74, 6) is 0.560. The van der Waals surface area contributed by atoms with Crippen molar-refractivity contribution >= 4 is 27.4 Å². The Labute approximate surface area is 106 Å². The van der Waals surface area contributed by atoms with Crippen LogP contribution in [0, 0.1) is 5.82 Å². The molecule has 2 heterocycles. The van der Waals surface area contributed by atoms with Crippen molar-refractivity contribution in [3.63, 3.8) is 0 Å². The Morgan fingerprint density at radius 2 is 2.24 bits per heavy atom. The lowest BCUT2D eigenvalue weighted by molar-refractivity contribution is 0.628. The second-order valence-electron chi connectivity index (χ2n) is 3.87. The van der Waals surface area contributed by atoms with Gasteiger partial charge in [0.2, 0.25) is 0 Å². The summed E-state index contributed by atoms with van der Waals surface area (Å²) in [6, 6.07) is 4.88. The number of hydrogen-bond acceptors (Lipinski definition) is 3. The summed E-state index contributed by atoms with van der Waals surface area (Å²) >= 11 is 3.42. The lowest BCUT2D eigenvalue weighted by atomic mass is 10.2. The zero-order chi connectivity index (χ0) is 11.8. The quantitative estimate of drug-likeness (QED) is 0.809. The van der Waals surface area contributed by atoms with E-state index >= 15 is 0 Å². The summed E-state index contributed by atoms with van der Waals surface area (Å²) < 4.78 is 14.1. The van der Waals surface area contributed by atoms with Crippen LogP contribution in [-0.4, -0.2) is 16.5 Å². The van der Waals surface area contributed by atoms with Gasteiger partial charge in [0.1, 0.15) is 12.1 Å². The van der Waals surface area contributed by atoms with Gasteiger partial charge in [0.05, 0.1) is 4.47 Å². The highest BCUT2D eigenvalue weighted by atomic mass is 79.9. The molecule has 0 atom stereocenters. The second-order valence-corrected chi connectivity index (χ2v) is 4.72. The minimum atomic E-state index is -0.221. The van der Waals surface area contributed by atoms with Gasteiger partial charge in [-0.25, -0.2) is 14.4 Å². The molecule has 1 aromatic carbocycles. The molecule has 0 fully saturated rings. The average molecular weight is 294 g/mol. The maximum Gasteiger partial charge on any atom is 0.150 e. The Kier molecular flexibility index (Phi) is 2.55. The van der Waals surface area contributed by atoms with Gasteiger partial charge in [0, 0.05) is 18.4 Å². The number of halogens is 2. The summed E-state index contributed by atoms with van der Waals surface area (Å²) in [4.78, 5) is 10.2. The summed E-state index contributed by atoms with van der Waals surface area (Å²) in [7, 11) is 0. The predicted octanol–water partition coefficient (Wildman–Crippen LogP) is 3.07. The number of nitrogens with zero attached hydrogens (tertiary/aromatic N) is 3. The molecule has 0 N–H and O–H groups in total. The first-order chi connectivity index (χ1) is 8.25. The van der Waals surface area contributed by atoms with Gasteiger partial charge in [-0.05, 0) is 40.0 Å². The number of aromatic nitrogens is 2. The highest BCUT2D eigenvalue weighted by molar-refractivity contribution is 9.10. The smallest absolute Gasteiger partial charge is 0.150 e. The first-order valence-electron chi connectivity index (χ1n) is 5.27. The number of fused-ring (bicyclic) bond motifs is 1. The molecule has 17 heavy (non-hydrogen) atoms. The van der Waals surface area contributed by atoms with E-state index in [2.05, 4.69) is 25.9 Å². The number of hydrogen-bond donors (Lipinski definition) is 0. The van der Waals surface area contributed by atoms with Crippen molar-refractivity contribution in [1.82, 2.24) is 9.97 Å². The van der Waals surface area contributed by atoms with E-state index in [1.54, 1.807) is 12.3 Å². The lowest BCUT2D eigenvalue weighted by Gasteiger charge is -2.19. The first-order valence-corrected chi connectivity index (χ1v) is 6.06. The van der Waals surface area contributed by atoms with E-state index in [9.17, 15) is 4.39 Å². The van der Waals surface area contributed by atoms with Crippen LogP contribution in [-0.2, 0) is 6.42 Å². The third kappa shape index (κ3) is 1.80. The molecule has 0 aliphatic carbocycles. The van der Waals surface area contributed by atoms with Crippen molar-refractivity contribution in [2.45, 2.75) is 6.42 Å². The van der Waals surface area contributed by atoms with E-state index in [1.807, 2.05) is 11.0 Å². The molecule has 1 aromatic heterocycles. The normalized spacial score (nSPS) is 13.9. The van der Waals surface area contributed by atoms with Crippen LogP contribution in [0.4, 0.5) is 15.9 Å². The molecule has 1 aliphatic rings. The second kappa shape index (κ2) is 4.07. The van der Waals surface area contributed by atoms with Gasteiger partial charge in [0.15, 0.2) is 5.82 Å². The zero-order valence-electron chi connectivity index (χ0n) is 8.90. The molecule has 0 unspecified atom stereocenters. The topological polar surface area (TPSA) is 29.0 Å². The van der Waals surface area contributed by atoms with Crippen molar-refractivity contribution in [2.24, 2.45) is 0 Å². The van der Waals surface area contributed by atoms with Gasteiger partial charge < -0.3 is 4.90 Å². The molecule has 0 saturated carbocycles. The van der Waals surface area contributed by atoms with Gasteiger partial charge in [-0.2, -0.15) is 0 Å². The van der Waals surface area contributed by atoms with Gasteiger partial charge in [0.25, 0.3) is 0 Å². The van der Waals surface area contributed by atoms with Gasteiger partial charge >= 0.3 is 0 Å². The van der Waals surface area contributed by atoms with Crippen LogP contribution in [0.2, 0.25) is 0 Å². The highest BCUT2D eigenvalue weighted by Gasteiger charge is 2.23. The molecule has 0 radical (unpaired) electrons. The largest absolute Gasteiger partial charge is 0.325 e. The molecular formula is C12H9BrFN3. The van der Waals surface area contributed by atoms with Crippen molar-refractivity contribution in [1.29, 1.82) is 0 Å². The molecule has 86 valence electrons. The van der Waals surface area contributed by atoms with Crippen LogP contribution in [0.5, 0.6) is 0 Å². The number of anilines is 2. The van der Waals surface area contributed by atoms with Crippen LogP contribution >= 0.6 is 15.9 Å². The van der Waals surface area contributed by atoms with Crippen LogP contribution in [0.3, 0.4) is 0 Å². The maximum absolute atomic E-state index is 13.3. The maximum atomic E-state index is 13.3. The van der Waals surface area contributed by atoms with Crippen molar-refractivity contribution in [3.8, 4) is 0 Å². The molecular weight excluding hydrogens is 285 g/mol. The molecule has 5 heteroatoms. The molecule has 3 nitrogen and oxygen atoms in total. The van der Waals surface area contributed by atoms with Crippen LogP contribution in [0.25, 0.3) is 0 Å². The monoisotopic (exact) mass is 293 g/mol. The Bertz CT molecular complexity index is 573. The minimum Gasteiger partial charge on any atom is -0.325 e. The minimum absolute atomic E-state index is 0.221. The lowest BCUT2D eigenvalue weighted by Crippen LogP contribution is -2.15. The fourth-order valence-electron chi connectivity index (χ4n) is 2.08. The molecule has 1 aliphatic heterocycles. The average Bonchev–Trinajstić information content (AvgIpc) is 2.72. The van der Waals surface area contributed by atoms with Crippen molar-refractivity contribution in [3.05, 3.63) is 46.6 Å².